The molecule has 112 valence electrons. The summed E-state index contributed by atoms with van der Waals surface area (Å²) in [4.78, 5) is 18.1. The van der Waals surface area contributed by atoms with Crippen molar-refractivity contribution < 1.29 is 4.79 Å². The van der Waals surface area contributed by atoms with Crippen LogP contribution in [0.2, 0.25) is 5.02 Å². The number of nitrogens with zero attached hydrogens (tertiary/aromatic N) is 2. The van der Waals surface area contributed by atoms with Gasteiger partial charge in [-0.3, -0.25) is 9.69 Å². The summed E-state index contributed by atoms with van der Waals surface area (Å²) in [6.45, 7) is 6.67. The van der Waals surface area contributed by atoms with E-state index >= 15 is 0 Å². The lowest BCUT2D eigenvalue weighted by Crippen LogP contribution is -2.36. The Labute approximate surface area is 125 Å². The van der Waals surface area contributed by atoms with Crippen LogP contribution < -0.4 is 10.6 Å². The molecule has 0 radical (unpaired) electrons. The van der Waals surface area contributed by atoms with E-state index in [0.29, 0.717) is 18.1 Å². The van der Waals surface area contributed by atoms with Gasteiger partial charge in [0.1, 0.15) is 5.82 Å². The summed E-state index contributed by atoms with van der Waals surface area (Å²) >= 11 is 6.19. The Hall–Kier alpha value is -1.33. The minimum absolute atomic E-state index is 0.00240. The van der Waals surface area contributed by atoms with Crippen LogP contribution in [0.25, 0.3) is 0 Å². The Balaban J connectivity index is 2.80. The molecule has 2 N–H and O–H groups in total. The molecule has 0 atom stereocenters. The molecule has 0 aliphatic rings. The smallest absolute Gasteiger partial charge is 0.233 e. The van der Waals surface area contributed by atoms with Gasteiger partial charge in [0.25, 0.3) is 0 Å². The molecule has 0 saturated heterocycles. The summed E-state index contributed by atoms with van der Waals surface area (Å²) in [5.74, 6) is 0.806. The van der Waals surface area contributed by atoms with Gasteiger partial charge in [-0.25, -0.2) is 4.98 Å². The van der Waals surface area contributed by atoms with Gasteiger partial charge in [-0.2, -0.15) is 0 Å². The first-order valence-electron chi connectivity index (χ1n) is 6.92. The van der Waals surface area contributed by atoms with E-state index in [0.717, 1.165) is 31.0 Å². The van der Waals surface area contributed by atoms with E-state index in [-0.39, 0.29) is 5.91 Å². The molecule has 1 aromatic heterocycles. The first-order chi connectivity index (χ1) is 9.60. The largest absolute Gasteiger partial charge is 0.370 e. The highest BCUT2D eigenvalue weighted by Crippen LogP contribution is 2.18. The Kier molecular flexibility index (Phi) is 7.33. The zero-order chi connectivity index (χ0) is 15.0. The number of carbonyl (C=O) groups excluding carboxylic acids is 1. The fourth-order valence-corrected chi connectivity index (χ4v) is 2.06. The van der Waals surface area contributed by atoms with Crippen molar-refractivity contribution in [2.75, 3.05) is 32.0 Å². The molecular weight excluding hydrogens is 276 g/mol. The van der Waals surface area contributed by atoms with Crippen LogP contribution in [0.3, 0.4) is 0 Å². The van der Waals surface area contributed by atoms with Gasteiger partial charge in [0.2, 0.25) is 5.91 Å². The summed E-state index contributed by atoms with van der Waals surface area (Å²) in [6.07, 6.45) is 0.974. The summed E-state index contributed by atoms with van der Waals surface area (Å²) in [5, 5.41) is 6.43. The second-order valence-electron chi connectivity index (χ2n) is 4.54. The number of pyridine rings is 1. The van der Waals surface area contributed by atoms with E-state index in [1.807, 2.05) is 24.0 Å². The SMILES string of the molecule is CCCN(CC(=O)NC)Cc1nc(NCC)ccc1Cl. The lowest BCUT2D eigenvalue weighted by molar-refractivity contribution is -0.121. The van der Waals surface area contributed by atoms with Crippen molar-refractivity contribution in [3.05, 3.63) is 22.8 Å². The van der Waals surface area contributed by atoms with Gasteiger partial charge in [-0.1, -0.05) is 18.5 Å². The highest BCUT2D eigenvalue weighted by atomic mass is 35.5. The average molecular weight is 299 g/mol. The van der Waals surface area contributed by atoms with Crippen LogP contribution >= 0.6 is 11.6 Å². The molecule has 5 nitrogen and oxygen atoms in total. The Morgan fingerprint density at radius 1 is 1.40 bits per heavy atom. The van der Waals surface area contributed by atoms with Gasteiger partial charge < -0.3 is 10.6 Å². The van der Waals surface area contributed by atoms with Crippen LogP contribution in [0.4, 0.5) is 5.82 Å². The van der Waals surface area contributed by atoms with Gasteiger partial charge in [0, 0.05) is 20.1 Å². The highest BCUT2D eigenvalue weighted by Gasteiger charge is 2.13. The van der Waals surface area contributed by atoms with E-state index in [1.165, 1.54) is 0 Å². The third-order valence-corrected chi connectivity index (χ3v) is 3.18. The maximum atomic E-state index is 11.5. The normalized spacial score (nSPS) is 10.7. The van der Waals surface area contributed by atoms with Crippen molar-refractivity contribution in [2.45, 2.75) is 26.8 Å². The molecular formula is C14H23ClN4O. The monoisotopic (exact) mass is 298 g/mol. The quantitative estimate of drug-likeness (QED) is 0.772. The summed E-state index contributed by atoms with van der Waals surface area (Å²) < 4.78 is 0. The van der Waals surface area contributed by atoms with Crippen molar-refractivity contribution in [3.8, 4) is 0 Å². The number of amides is 1. The van der Waals surface area contributed by atoms with Crippen LogP contribution in [-0.2, 0) is 11.3 Å². The second-order valence-corrected chi connectivity index (χ2v) is 4.95. The first kappa shape index (κ1) is 16.7. The molecule has 0 aromatic carbocycles. The van der Waals surface area contributed by atoms with Crippen LogP contribution in [0.1, 0.15) is 26.0 Å². The lowest BCUT2D eigenvalue weighted by Gasteiger charge is -2.21. The van der Waals surface area contributed by atoms with Crippen molar-refractivity contribution in [3.63, 3.8) is 0 Å². The molecule has 6 heteroatoms. The molecule has 20 heavy (non-hydrogen) atoms. The molecule has 1 amide bonds. The standard InChI is InChI=1S/C14H23ClN4O/c1-4-8-19(10-14(20)16-3)9-12-11(15)6-7-13(18-12)17-5-2/h6-7H,4-5,8-10H2,1-3H3,(H,16,20)(H,17,18). The predicted molar refractivity (Wildman–Crippen MR) is 83.0 cm³/mol. The van der Waals surface area contributed by atoms with E-state index in [9.17, 15) is 4.79 Å². The highest BCUT2D eigenvalue weighted by molar-refractivity contribution is 6.31. The molecule has 1 rings (SSSR count). The maximum Gasteiger partial charge on any atom is 0.233 e. The van der Waals surface area contributed by atoms with Gasteiger partial charge in [0.05, 0.1) is 17.3 Å². The zero-order valence-corrected chi connectivity index (χ0v) is 13.1. The van der Waals surface area contributed by atoms with Crippen LogP contribution in [0, 0.1) is 0 Å². The third kappa shape index (κ3) is 5.35. The molecule has 1 heterocycles. The molecule has 0 spiro atoms. The van der Waals surface area contributed by atoms with Gasteiger partial charge in [-0.15, -0.1) is 0 Å². The number of halogens is 1. The molecule has 0 unspecified atom stereocenters. The lowest BCUT2D eigenvalue weighted by atomic mass is 10.3. The maximum absolute atomic E-state index is 11.5. The minimum atomic E-state index is -0.00240. The van der Waals surface area contributed by atoms with Crippen molar-refractivity contribution >= 4 is 23.3 Å². The van der Waals surface area contributed by atoms with Crippen molar-refractivity contribution in [2.24, 2.45) is 0 Å². The van der Waals surface area contributed by atoms with Crippen molar-refractivity contribution in [1.82, 2.24) is 15.2 Å². The molecule has 0 aliphatic heterocycles. The summed E-state index contributed by atoms with van der Waals surface area (Å²) in [5.41, 5.74) is 0.794. The fourth-order valence-electron chi connectivity index (χ4n) is 1.90. The molecule has 0 aliphatic carbocycles. The number of nitrogens with one attached hydrogen (secondary N) is 2. The Morgan fingerprint density at radius 2 is 2.15 bits per heavy atom. The molecule has 0 saturated carbocycles. The fraction of sp³-hybridized carbons (Fsp3) is 0.571. The predicted octanol–water partition coefficient (Wildman–Crippen LogP) is 2.12. The number of rotatable bonds is 8. The third-order valence-electron chi connectivity index (χ3n) is 2.84. The number of aromatic nitrogens is 1. The topological polar surface area (TPSA) is 57.3 Å². The number of hydrogen-bond donors (Lipinski definition) is 2. The van der Waals surface area contributed by atoms with Crippen LogP contribution in [0.5, 0.6) is 0 Å². The molecule has 1 aromatic rings. The second kappa shape index (κ2) is 8.76. The minimum Gasteiger partial charge on any atom is -0.370 e. The molecule has 0 bridgehead atoms. The summed E-state index contributed by atoms with van der Waals surface area (Å²) in [6, 6.07) is 3.70. The Morgan fingerprint density at radius 3 is 2.75 bits per heavy atom. The summed E-state index contributed by atoms with van der Waals surface area (Å²) in [7, 11) is 1.64. The number of carbonyl (C=O) groups is 1. The first-order valence-corrected chi connectivity index (χ1v) is 7.30. The Bertz CT molecular complexity index is 439. The van der Waals surface area contributed by atoms with E-state index in [4.69, 9.17) is 11.6 Å². The van der Waals surface area contributed by atoms with E-state index in [2.05, 4.69) is 22.5 Å². The van der Waals surface area contributed by atoms with Crippen LogP contribution in [-0.4, -0.2) is 42.5 Å². The average Bonchev–Trinajstić information content (AvgIpc) is 2.43. The number of hydrogen-bond acceptors (Lipinski definition) is 4. The van der Waals surface area contributed by atoms with E-state index in [1.54, 1.807) is 7.05 Å². The molecule has 0 fully saturated rings. The van der Waals surface area contributed by atoms with E-state index < -0.39 is 0 Å². The van der Waals surface area contributed by atoms with Gasteiger partial charge in [0.15, 0.2) is 0 Å². The zero-order valence-electron chi connectivity index (χ0n) is 12.4. The number of likely N-dealkylation sites (N-methyl/N-ethyl adjacent to an activating group) is 1. The van der Waals surface area contributed by atoms with Crippen molar-refractivity contribution in [1.29, 1.82) is 0 Å². The van der Waals surface area contributed by atoms with Gasteiger partial charge >= 0.3 is 0 Å². The van der Waals surface area contributed by atoms with Gasteiger partial charge in [-0.05, 0) is 32.0 Å². The number of anilines is 1. The van der Waals surface area contributed by atoms with Crippen LogP contribution in [0.15, 0.2) is 12.1 Å².